The highest BCUT2D eigenvalue weighted by Crippen LogP contribution is 2.25. The van der Waals surface area contributed by atoms with Crippen LogP contribution >= 0.6 is 0 Å². The van der Waals surface area contributed by atoms with Gasteiger partial charge in [0.05, 0.1) is 11.5 Å². The molecule has 0 fully saturated rings. The van der Waals surface area contributed by atoms with Crippen LogP contribution < -0.4 is 14.8 Å². The molecule has 0 saturated heterocycles. The number of hydrogen-bond acceptors (Lipinski definition) is 5. The fourth-order valence-electron chi connectivity index (χ4n) is 2.60. The summed E-state index contributed by atoms with van der Waals surface area (Å²) in [5.41, 5.74) is 0.429. The van der Waals surface area contributed by atoms with Gasteiger partial charge in [0.2, 0.25) is 0 Å². The van der Waals surface area contributed by atoms with Gasteiger partial charge in [-0.1, -0.05) is 44.7 Å². The number of nitro groups is 1. The monoisotopic (exact) mass is 386 g/mol. The normalized spacial score (nSPS) is 10.3. The standard InChI is InChI=1S/C21H26N2O5/c1-2-3-4-5-8-15-27-18-13-11-17(12-14-18)22-21(24)16-28-20-10-7-6-9-19(20)23(25)26/h6-7,9-14H,2-5,8,15-16H2,1H3,(H,22,24). The van der Waals surface area contributed by atoms with E-state index in [0.29, 0.717) is 12.3 Å². The first-order valence-electron chi connectivity index (χ1n) is 9.49. The van der Waals surface area contributed by atoms with E-state index in [0.717, 1.165) is 12.2 Å². The summed E-state index contributed by atoms with van der Waals surface area (Å²) in [5.74, 6) is 0.415. The van der Waals surface area contributed by atoms with Gasteiger partial charge in [0, 0.05) is 11.8 Å². The van der Waals surface area contributed by atoms with Gasteiger partial charge in [0.15, 0.2) is 12.4 Å². The number of ether oxygens (including phenoxy) is 2. The highest BCUT2D eigenvalue weighted by Gasteiger charge is 2.14. The van der Waals surface area contributed by atoms with Gasteiger partial charge < -0.3 is 14.8 Å². The van der Waals surface area contributed by atoms with Gasteiger partial charge in [-0.3, -0.25) is 14.9 Å². The van der Waals surface area contributed by atoms with Crippen molar-refractivity contribution in [2.24, 2.45) is 0 Å². The van der Waals surface area contributed by atoms with Crippen LogP contribution in [0.5, 0.6) is 11.5 Å². The molecule has 2 aromatic rings. The minimum absolute atomic E-state index is 0.0605. The van der Waals surface area contributed by atoms with Crippen LogP contribution in [0.25, 0.3) is 0 Å². The Kier molecular flexibility index (Phi) is 8.78. The molecule has 0 aromatic heterocycles. The molecule has 0 bridgehead atoms. The number of anilines is 1. The van der Waals surface area contributed by atoms with Crippen LogP contribution in [-0.2, 0) is 4.79 Å². The van der Waals surface area contributed by atoms with Gasteiger partial charge >= 0.3 is 5.69 Å². The molecule has 0 aliphatic carbocycles. The average molecular weight is 386 g/mol. The molecule has 7 heteroatoms. The molecule has 0 unspecified atom stereocenters. The molecule has 0 aliphatic heterocycles. The maximum Gasteiger partial charge on any atom is 0.310 e. The van der Waals surface area contributed by atoms with E-state index in [4.69, 9.17) is 9.47 Å². The zero-order valence-corrected chi connectivity index (χ0v) is 16.1. The first kappa shape index (κ1) is 21.2. The number of benzene rings is 2. The highest BCUT2D eigenvalue weighted by atomic mass is 16.6. The zero-order valence-electron chi connectivity index (χ0n) is 16.1. The molecule has 0 atom stereocenters. The summed E-state index contributed by atoms with van der Waals surface area (Å²) in [6, 6.07) is 13.0. The smallest absolute Gasteiger partial charge is 0.310 e. The van der Waals surface area contributed by atoms with Crippen molar-refractivity contribution in [3.05, 3.63) is 58.6 Å². The van der Waals surface area contributed by atoms with Crippen LogP contribution in [0, 0.1) is 10.1 Å². The van der Waals surface area contributed by atoms with Crippen molar-refractivity contribution in [2.75, 3.05) is 18.5 Å². The average Bonchev–Trinajstić information content (AvgIpc) is 2.70. The first-order valence-corrected chi connectivity index (χ1v) is 9.49. The molecular formula is C21H26N2O5. The van der Waals surface area contributed by atoms with Crippen LogP contribution in [0.3, 0.4) is 0 Å². The van der Waals surface area contributed by atoms with Gasteiger partial charge in [-0.15, -0.1) is 0 Å². The maximum absolute atomic E-state index is 12.0. The summed E-state index contributed by atoms with van der Waals surface area (Å²) < 4.78 is 11.0. The lowest BCUT2D eigenvalue weighted by Crippen LogP contribution is -2.20. The molecule has 2 aromatic carbocycles. The summed E-state index contributed by atoms with van der Waals surface area (Å²) >= 11 is 0. The molecule has 2 rings (SSSR count). The van der Waals surface area contributed by atoms with Crippen LogP contribution in [0.1, 0.15) is 39.0 Å². The van der Waals surface area contributed by atoms with Gasteiger partial charge in [0.1, 0.15) is 5.75 Å². The topological polar surface area (TPSA) is 90.7 Å². The predicted molar refractivity (Wildman–Crippen MR) is 108 cm³/mol. The third-order valence-electron chi connectivity index (χ3n) is 4.08. The molecule has 7 nitrogen and oxygen atoms in total. The summed E-state index contributed by atoms with van der Waals surface area (Å²) in [6.45, 7) is 2.55. The fourth-order valence-corrected chi connectivity index (χ4v) is 2.60. The third kappa shape index (κ3) is 7.26. The number of rotatable bonds is 12. The lowest BCUT2D eigenvalue weighted by Gasteiger charge is -2.09. The van der Waals surface area contributed by atoms with E-state index in [2.05, 4.69) is 12.2 Å². The van der Waals surface area contributed by atoms with Crippen molar-refractivity contribution in [3.8, 4) is 11.5 Å². The Morgan fingerprint density at radius 1 is 1.00 bits per heavy atom. The van der Waals surface area contributed by atoms with Crippen molar-refractivity contribution >= 4 is 17.3 Å². The number of nitrogens with one attached hydrogen (secondary N) is 1. The van der Waals surface area contributed by atoms with Crippen molar-refractivity contribution in [1.29, 1.82) is 0 Å². The maximum atomic E-state index is 12.0. The number of nitrogens with zero attached hydrogens (tertiary/aromatic N) is 1. The second-order valence-electron chi connectivity index (χ2n) is 6.35. The highest BCUT2D eigenvalue weighted by molar-refractivity contribution is 5.91. The number of carbonyl (C=O) groups is 1. The molecule has 0 radical (unpaired) electrons. The van der Waals surface area contributed by atoms with Gasteiger partial charge in [-0.05, 0) is 36.8 Å². The van der Waals surface area contributed by atoms with E-state index < -0.39 is 10.8 Å². The number of nitro benzene ring substituents is 1. The summed E-state index contributed by atoms with van der Waals surface area (Å²) in [6.07, 6.45) is 5.92. The van der Waals surface area contributed by atoms with Crippen molar-refractivity contribution in [2.45, 2.75) is 39.0 Å². The number of amides is 1. The number of carbonyl (C=O) groups excluding carboxylic acids is 1. The van der Waals surface area contributed by atoms with E-state index in [1.54, 1.807) is 36.4 Å². The van der Waals surface area contributed by atoms with Gasteiger partial charge in [0.25, 0.3) is 5.91 Å². The van der Waals surface area contributed by atoms with E-state index >= 15 is 0 Å². The quantitative estimate of drug-likeness (QED) is 0.316. The Labute approximate surface area is 164 Å². The van der Waals surface area contributed by atoms with E-state index in [-0.39, 0.29) is 18.0 Å². The third-order valence-corrected chi connectivity index (χ3v) is 4.08. The largest absolute Gasteiger partial charge is 0.494 e. The Balaban J connectivity index is 1.74. The van der Waals surface area contributed by atoms with E-state index in [9.17, 15) is 14.9 Å². The molecular weight excluding hydrogens is 360 g/mol. The van der Waals surface area contributed by atoms with E-state index in [1.807, 2.05) is 0 Å². The molecule has 0 aliphatic rings. The molecule has 1 N–H and O–H groups in total. The Morgan fingerprint density at radius 3 is 2.43 bits per heavy atom. The van der Waals surface area contributed by atoms with Gasteiger partial charge in [-0.25, -0.2) is 0 Å². The Hall–Kier alpha value is -3.09. The SMILES string of the molecule is CCCCCCCOc1ccc(NC(=O)COc2ccccc2[N+](=O)[O-])cc1. The van der Waals surface area contributed by atoms with Crippen LogP contribution in [0.15, 0.2) is 48.5 Å². The summed E-state index contributed by atoms with van der Waals surface area (Å²) in [7, 11) is 0. The Morgan fingerprint density at radius 2 is 1.71 bits per heavy atom. The zero-order chi connectivity index (χ0) is 20.2. The van der Waals surface area contributed by atoms with E-state index in [1.165, 1.54) is 37.8 Å². The number of hydrogen-bond donors (Lipinski definition) is 1. The summed E-state index contributed by atoms with van der Waals surface area (Å²) in [4.78, 5) is 22.4. The molecule has 0 spiro atoms. The minimum atomic E-state index is -0.546. The van der Waals surface area contributed by atoms with Crippen molar-refractivity contribution in [3.63, 3.8) is 0 Å². The van der Waals surface area contributed by atoms with Crippen LogP contribution in [-0.4, -0.2) is 24.0 Å². The van der Waals surface area contributed by atoms with Crippen LogP contribution in [0.4, 0.5) is 11.4 Å². The van der Waals surface area contributed by atoms with Crippen molar-refractivity contribution < 1.29 is 19.2 Å². The summed E-state index contributed by atoms with van der Waals surface area (Å²) in [5, 5.41) is 13.6. The minimum Gasteiger partial charge on any atom is -0.494 e. The van der Waals surface area contributed by atoms with Gasteiger partial charge in [-0.2, -0.15) is 0 Å². The lowest BCUT2D eigenvalue weighted by atomic mass is 10.2. The molecule has 1 amide bonds. The van der Waals surface area contributed by atoms with Crippen molar-refractivity contribution in [1.82, 2.24) is 0 Å². The predicted octanol–water partition coefficient (Wildman–Crippen LogP) is 4.96. The number of unbranched alkanes of at least 4 members (excludes halogenated alkanes) is 4. The second kappa shape index (κ2) is 11.6. The molecule has 0 heterocycles. The lowest BCUT2D eigenvalue weighted by molar-refractivity contribution is -0.385. The molecule has 0 saturated carbocycles. The fraction of sp³-hybridized carbons (Fsp3) is 0.381. The van der Waals surface area contributed by atoms with Crippen LogP contribution in [0.2, 0.25) is 0 Å². The first-order chi connectivity index (χ1) is 13.6. The molecule has 28 heavy (non-hydrogen) atoms. The Bertz CT molecular complexity index is 762. The second-order valence-corrected chi connectivity index (χ2v) is 6.35. The molecule has 150 valence electrons. The number of para-hydroxylation sites is 2.